The van der Waals surface area contributed by atoms with Crippen LogP contribution in [-0.2, 0) is 6.54 Å². The highest BCUT2D eigenvalue weighted by atomic mass is 35.5. The van der Waals surface area contributed by atoms with Crippen molar-refractivity contribution in [3.05, 3.63) is 53.8 Å². The number of amides is 2. The zero-order chi connectivity index (χ0) is 13.5. The summed E-state index contributed by atoms with van der Waals surface area (Å²) in [6.45, 7) is 1.52. The van der Waals surface area contributed by atoms with Crippen LogP contribution >= 0.6 is 11.6 Å². The minimum absolute atomic E-state index is 0.213. The van der Waals surface area contributed by atoms with Crippen molar-refractivity contribution in [2.75, 3.05) is 11.9 Å². The normalized spacial score (nSPS) is 10.2. The van der Waals surface area contributed by atoms with Crippen LogP contribution in [0.3, 0.4) is 0 Å². The summed E-state index contributed by atoms with van der Waals surface area (Å²) in [5, 5.41) is 6.14. The van der Waals surface area contributed by atoms with Crippen molar-refractivity contribution < 1.29 is 4.79 Å². The summed E-state index contributed by atoms with van der Waals surface area (Å²) < 4.78 is 2.08. The number of hydrogen-bond donors (Lipinski definition) is 2. The molecule has 1 aromatic heterocycles. The molecule has 0 saturated carbocycles. The predicted octanol–water partition coefficient (Wildman–Crippen LogP) is 3.35. The lowest BCUT2D eigenvalue weighted by molar-refractivity contribution is 0.252. The smallest absolute Gasteiger partial charge is 0.319 e. The standard InChI is InChI=1S/C14H16ClN3O/c15-12-5-3-6-13(11-12)17-14(19)16-7-4-10-18-8-1-2-9-18/h1-3,5-6,8-9,11H,4,7,10H2,(H2,16,17,19). The van der Waals surface area contributed by atoms with E-state index in [1.54, 1.807) is 24.3 Å². The summed E-state index contributed by atoms with van der Waals surface area (Å²) >= 11 is 5.84. The third-order valence-electron chi connectivity index (χ3n) is 2.63. The van der Waals surface area contributed by atoms with Gasteiger partial charge in [0.2, 0.25) is 0 Å². The molecule has 4 nitrogen and oxygen atoms in total. The number of aryl methyl sites for hydroxylation is 1. The van der Waals surface area contributed by atoms with Gasteiger partial charge >= 0.3 is 6.03 Å². The number of hydrogen-bond acceptors (Lipinski definition) is 1. The Morgan fingerprint density at radius 3 is 2.74 bits per heavy atom. The van der Waals surface area contributed by atoms with Crippen molar-refractivity contribution >= 4 is 23.3 Å². The molecule has 2 N–H and O–H groups in total. The van der Waals surface area contributed by atoms with Crippen LogP contribution in [0.2, 0.25) is 5.02 Å². The molecule has 19 heavy (non-hydrogen) atoms. The van der Waals surface area contributed by atoms with E-state index in [1.165, 1.54) is 0 Å². The second kappa shape index (κ2) is 6.85. The molecule has 0 atom stereocenters. The molecule has 2 aromatic rings. The van der Waals surface area contributed by atoms with E-state index >= 15 is 0 Å². The number of nitrogens with one attached hydrogen (secondary N) is 2. The Balaban J connectivity index is 1.67. The molecule has 5 heteroatoms. The zero-order valence-electron chi connectivity index (χ0n) is 10.5. The summed E-state index contributed by atoms with van der Waals surface area (Å²) in [4.78, 5) is 11.6. The first-order valence-corrected chi connectivity index (χ1v) is 6.53. The van der Waals surface area contributed by atoms with Gasteiger partial charge in [-0.25, -0.2) is 4.79 Å². The highest BCUT2D eigenvalue weighted by Crippen LogP contribution is 2.14. The van der Waals surface area contributed by atoms with Gasteiger partial charge in [0.15, 0.2) is 0 Å². The van der Waals surface area contributed by atoms with E-state index in [4.69, 9.17) is 11.6 Å². The van der Waals surface area contributed by atoms with Crippen molar-refractivity contribution in [2.45, 2.75) is 13.0 Å². The van der Waals surface area contributed by atoms with Gasteiger partial charge in [0.1, 0.15) is 0 Å². The second-order valence-electron chi connectivity index (χ2n) is 4.17. The number of carbonyl (C=O) groups is 1. The Kier molecular flexibility index (Phi) is 4.86. The van der Waals surface area contributed by atoms with Crippen LogP contribution < -0.4 is 10.6 Å². The summed E-state index contributed by atoms with van der Waals surface area (Å²) in [5.41, 5.74) is 0.690. The molecule has 0 bridgehead atoms. The van der Waals surface area contributed by atoms with Crippen LogP contribution in [0.5, 0.6) is 0 Å². The Bertz CT molecular complexity index is 525. The van der Waals surface area contributed by atoms with E-state index in [0.29, 0.717) is 17.3 Å². The Morgan fingerprint density at radius 1 is 1.21 bits per heavy atom. The zero-order valence-corrected chi connectivity index (χ0v) is 11.2. The average Bonchev–Trinajstić information content (AvgIpc) is 2.88. The molecule has 100 valence electrons. The third-order valence-corrected chi connectivity index (χ3v) is 2.86. The van der Waals surface area contributed by atoms with Crippen molar-refractivity contribution in [3.8, 4) is 0 Å². The molecular weight excluding hydrogens is 262 g/mol. The fraction of sp³-hybridized carbons (Fsp3) is 0.214. The maximum atomic E-state index is 11.6. The van der Waals surface area contributed by atoms with Crippen molar-refractivity contribution in [3.63, 3.8) is 0 Å². The predicted molar refractivity (Wildman–Crippen MR) is 77.5 cm³/mol. The Morgan fingerprint density at radius 2 is 2.00 bits per heavy atom. The molecule has 0 unspecified atom stereocenters. The molecule has 0 aliphatic carbocycles. The largest absolute Gasteiger partial charge is 0.354 e. The molecule has 2 amide bonds. The van der Waals surface area contributed by atoms with Gasteiger partial charge in [0.25, 0.3) is 0 Å². The highest BCUT2D eigenvalue weighted by molar-refractivity contribution is 6.30. The maximum absolute atomic E-state index is 11.6. The van der Waals surface area contributed by atoms with Gasteiger partial charge in [-0.1, -0.05) is 17.7 Å². The molecular formula is C14H16ClN3O. The number of halogens is 1. The van der Waals surface area contributed by atoms with Gasteiger partial charge in [-0.2, -0.15) is 0 Å². The molecule has 0 spiro atoms. The average molecular weight is 278 g/mol. The number of rotatable bonds is 5. The van der Waals surface area contributed by atoms with E-state index in [0.717, 1.165) is 13.0 Å². The maximum Gasteiger partial charge on any atom is 0.319 e. The first-order valence-electron chi connectivity index (χ1n) is 6.15. The quantitative estimate of drug-likeness (QED) is 0.809. The molecule has 1 aromatic carbocycles. The van der Waals surface area contributed by atoms with Gasteiger partial charge in [-0.15, -0.1) is 0 Å². The molecule has 0 fully saturated rings. The van der Waals surface area contributed by atoms with Crippen molar-refractivity contribution in [1.29, 1.82) is 0 Å². The fourth-order valence-corrected chi connectivity index (χ4v) is 1.91. The van der Waals surface area contributed by atoms with Gasteiger partial charge in [0, 0.05) is 36.2 Å². The topological polar surface area (TPSA) is 46.1 Å². The SMILES string of the molecule is O=C(NCCCn1cccc1)Nc1cccc(Cl)c1. The number of nitrogens with zero attached hydrogens (tertiary/aromatic N) is 1. The highest BCUT2D eigenvalue weighted by Gasteiger charge is 2.01. The summed E-state index contributed by atoms with van der Waals surface area (Å²) in [7, 11) is 0. The first kappa shape index (κ1) is 13.5. The summed E-state index contributed by atoms with van der Waals surface area (Å²) in [6.07, 6.45) is 4.90. The molecule has 1 heterocycles. The summed E-state index contributed by atoms with van der Waals surface area (Å²) in [5.74, 6) is 0. The second-order valence-corrected chi connectivity index (χ2v) is 4.60. The lowest BCUT2D eigenvalue weighted by Crippen LogP contribution is -2.29. The molecule has 0 aliphatic heterocycles. The monoisotopic (exact) mass is 277 g/mol. The van der Waals surface area contributed by atoms with Crippen molar-refractivity contribution in [2.24, 2.45) is 0 Å². The number of aromatic nitrogens is 1. The van der Waals surface area contributed by atoms with E-state index in [9.17, 15) is 4.79 Å². The van der Waals surface area contributed by atoms with E-state index in [-0.39, 0.29) is 6.03 Å². The number of benzene rings is 1. The van der Waals surface area contributed by atoms with Gasteiger partial charge in [0.05, 0.1) is 0 Å². The summed E-state index contributed by atoms with van der Waals surface area (Å²) in [6, 6.07) is 10.8. The third kappa shape index (κ3) is 4.67. The van der Waals surface area contributed by atoms with Gasteiger partial charge in [-0.3, -0.25) is 0 Å². The van der Waals surface area contributed by atoms with Gasteiger partial charge < -0.3 is 15.2 Å². The van der Waals surface area contributed by atoms with E-state index < -0.39 is 0 Å². The molecule has 0 saturated heterocycles. The fourth-order valence-electron chi connectivity index (χ4n) is 1.72. The molecule has 2 rings (SSSR count). The van der Waals surface area contributed by atoms with Crippen LogP contribution in [0.4, 0.5) is 10.5 Å². The minimum Gasteiger partial charge on any atom is -0.354 e. The van der Waals surface area contributed by atoms with Crippen LogP contribution in [0, 0.1) is 0 Å². The van der Waals surface area contributed by atoms with Gasteiger partial charge in [-0.05, 0) is 36.8 Å². The molecule has 0 radical (unpaired) electrons. The van der Waals surface area contributed by atoms with E-state index in [1.807, 2.05) is 24.5 Å². The van der Waals surface area contributed by atoms with E-state index in [2.05, 4.69) is 15.2 Å². The van der Waals surface area contributed by atoms with Crippen LogP contribution in [-0.4, -0.2) is 17.1 Å². The van der Waals surface area contributed by atoms with Crippen LogP contribution in [0.1, 0.15) is 6.42 Å². The number of urea groups is 1. The number of anilines is 1. The van der Waals surface area contributed by atoms with Crippen molar-refractivity contribution in [1.82, 2.24) is 9.88 Å². The lowest BCUT2D eigenvalue weighted by atomic mass is 10.3. The first-order chi connectivity index (χ1) is 9.24. The molecule has 0 aliphatic rings. The number of carbonyl (C=O) groups excluding carboxylic acids is 1. The minimum atomic E-state index is -0.213. The van der Waals surface area contributed by atoms with Crippen LogP contribution in [0.25, 0.3) is 0 Å². The van der Waals surface area contributed by atoms with Crippen LogP contribution in [0.15, 0.2) is 48.8 Å². The lowest BCUT2D eigenvalue weighted by Gasteiger charge is -2.08. The Labute approximate surface area is 117 Å². The Hall–Kier alpha value is -1.94.